The van der Waals surface area contributed by atoms with Crippen molar-refractivity contribution in [3.8, 4) is 0 Å². The number of piperazine rings is 1. The highest BCUT2D eigenvalue weighted by Gasteiger charge is 2.24. The molecule has 1 saturated heterocycles. The zero-order chi connectivity index (χ0) is 19.2. The van der Waals surface area contributed by atoms with E-state index in [1.807, 2.05) is 18.2 Å². The predicted molar refractivity (Wildman–Crippen MR) is 111 cm³/mol. The highest BCUT2D eigenvalue weighted by molar-refractivity contribution is 5.47. The number of halogens is 1. The van der Waals surface area contributed by atoms with Crippen molar-refractivity contribution < 1.29 is 4.39 Å². The Labute approximate surface area is 167 Å². The minimum Gasteiger partial charge on any atom is -0.367 e. The van der Waals surface area contributed by atoms with E-state index in [9.17, 15) is 4.39 Å². The number of aromatic nitrogens is 2. The van der Waals surface area contributed by atoms with Gasteiger partial charge in [-0.2, -0.15) is 0 Å². The van der Waals surface area contributed by atoms with E-state index in [2.05, 4.69) is 25.1 Å². The van der Waals surface area contributed by atoms with Crippen molar-refractivity contribution in [3.63, 3.8) is 0 Å². The number of rotatable bonds is 6. The summed E-state index contributed by atoms with van der Waals surface area (Å²) in [4.78, 5) is 13.2. The van der Waals surface area contributed by atoms with Crippen LogP contribution in [-0.2, 0) is 0 Å². The second-order valence-corrected chi connectivity index (χ2v) is 8.00. The Bertz CT molecular complexity index is 725. The van der Waals surface area contributed by atoms with Crippen molar-refractivity contribution in [1.82, 2.24) is 14.9 Å². The normalized spacial score (nSPS) is 23.5. The average molecular weight is 384 g/mol. The van der Waals surface area contributed by atoms with Gasteiger partial charge in [0.25, 0.3) is 0 Å². The molecule has 1 aromatic heterocycles. The van der Waals surface area contributed by atoms with Crippen molar-refractivity contribution in [2.75, 3.05) is 42.9 Å². The van der Waals surface area contributed by atoms with Crippen LogP contribution in [-0.4, -0.2) is 53.6 Å². The molecular weight excluding hydrogens is 353 g/mol. The first-order valence-corrected chi connectivity index (χ1v) is 10.5. The molecule has 2 aliphatic rings. The van der Waals surface area contributed by atoms with Crippen LogP contribution in [0.2, 0.25) is 0 Å². The largest absolute Gasteiger partial charge is 0.367 e. The number of para-hydroxylation sites is 1. The quantitative estimate of drug-likeness (QED) is 0.822. The number of nitrogens with one attached hydrogen (secondary N) is 1. The second-order valence-electron chi connectivity index (χ2n) is 8.00. The molecule has 1 aliphatic carbocycles. The van der Waals surface area contributed by atoms with Gasteiger partial charge in [0.1, 0.15) is 5.82 Å². The smallest absolute Gasteiger partial charge is 0.222 e. The van der Waals surface area contributed by atoms with Crippen molar-refractivity contribution in [3.05, 3.63) is 48.5 Å². The minimum atomic E-state index is -0.109. The molecule has 0 atom stereocenters. The van der Waals surface area contributed by atoms with Crippen LogP contribution in [0.1, 0.15) is 32.1 Å². The maximum atomic E-state index is 14.0. The van der Waals surface area contributed by atoms with Gasteiger partial charge in [-0.3, -0.25) is 4.90 Å². The summed E-state index contributed by atoms with van der Waals surface area (Å²) in [6.45, 7) is 5.03. The molecule has 0 unspecified atom stereocenters. The van der Waals surface area contributed by atoms with Crippen LogP contribution in [0.4, 0.5) is 16.0 Å². The van der Waals surface area contributed by atoms with Crippen LogP contribution in [0.25, 0.3) is 0 Å². The number of hydrogen-bond donors (Lipinski definition) is 1. The molecule has 2 aromatic rings. The molecule has 0 amide bonds. The Morgan fingerprint density at radius 2 is 1.64 bits per heavy atom. The van der Waals surface area contributed by atoms with E-state index < -0.39 is 0 Å². The molecule has 1 aromatic carbocycles. The average Bonchev–Trinajstić information content (AvgIpc) is 2.75. The zero-order valence-electron chi connectivity index (χ0n) is 16.4. The Balaban J connectivity index is 1.15. The van der Waals surface area contributed by atoms with Gasteiger partial charge >= 0.3 is 0 Å². The Morgan fingerprint density at radius 3 is 2.36 bits per heavy atom. The molecule has 28 heavy (non-hydrogen) atoms. The number of anilines is 2. The summed E-state index contributed by atoms with van der Waals surface area (Å²) in [6, 6.07) is 9.46. The van der Waals surface area contributed by atoms with E-state index in [1.54, 1.807) is 24.5 Å². The molecule has 0 radical (unpaired) electrons. The zero-order valence-corrected chi connectivity index (χ0v) is 16.4. The van der Waals surface area contributed by atoms with Gasteiger partial charge in [0.2, 0.25) is 5.95 Å². The Morgan fingerprint density at radius 1 is 0.929 bits per heavy atom. The minimum absolute atomic E-state index is 0.109. The first-order chi connectivity index (χ1) is 13.8. The van der Waals surface area contributed by atoms with Gasteiger partial charge < -0.3 is 10.2 Å². The fourth-order valence-corrected chi connectivity index (χ4v) is 4.44. The highest BCUT2D eigenvalue weighted by Crippen LogP contribution is 2.28. The van der Waals surface area contributed by atoms with Crippen LogP contribution >= 0.6 is 0 Å². The van der Waals surface area contributed by atoms with Gasteiger partial charge in [-0.25, -0.2) is 14.4 Å². The van der Waals surface area contributed by atoms with Gasteiger partial charge in [-0.1, -0.05) is 12.1 Å². The molecule has 2 heterocycles. The molecule has 0 bridgehead atoms. The predicted octanol–water partition coefficient (Wildman–Crippen LogP) is 3.80. The van der Waals surface area contributed by atoms with Crippen LogP contribution in [0.15, 0.2) is 42.7 Å². The standard InChI is InChI=1S/C22H30FN5/c23-20-4-1-2-5-21(20)28-16-14-27(15-17-28)13-10-18-6-8-19(9-7-18)26-22-24-11-3-12-25-22/h1-5,11-12,18-19H,6-10,13-17H2,(H,24,25,26). The van der Waals surface area contributed by atoms with Gasteiger partial charge in [-0.05, 0) is 62.8 Å². The lowest BCUT2D eigenvalue weighted by atomic mass is 9.84. The van der Waals surface area contributed by atoms with E-state index in [0.717, 1.165) is 50.3 Å². The maximum Gasteiger partial charge on any atom is 0.222 e. The summed E-state index contributed by atoms with van der Waals surface area (Å²) in [6.07, 6.45) is 9.79. The van der Waals surface area contributed by atoms with Crippen molar-refractivity contribution in [1.29, 1.82) is 0 Å². The molecule has 150 valence electrons. The number of benzene rings is 1. The molecule has 1 N–H and O–H groups in total. The molecule has 1 saturated carbocycles. The third-order valence-electron chi connectivity index (χ3n) is 6.16. The number of nitrogens with zero attached hydrogens (tertiary/aromatic N) is 4. The molecule has 1 aliphatic heterocycles. The molecule has 6 heteroatoms. The van der Waals surface area contributed by atoms with Gasteiger partial charge in [0.05, 0.1) is 5.69 Å². The lowest BCUT2D eigenvalue weighted by Crippen LogP contribution is -2.47. The van der Waals surface area contributed by atoms with E-state index in [0.29, 0.717) is 6.04 Å². The maximum absolute atomic E-state index is 14.0. The fraction of sp³-hybridized carbons (Fsp3) is 0.545. The van der Waals surface area contributed by atoms with E-state index in [1.165, 1.54) is 32.1 Å². The third-order valence-corrected chi connectivity index (χ3v) is 6.16. The molecular formula is C22H30FN5. The van der Waals surface area contributed by atoms with E-state index >= 15 is 0 Å². The van der Waals surface area contributed by atoms with Gasteiger partial charge in [0, 0.05) is 44.6 Å². The summed E-state index contributed by atoms with van der Waals surface area (Å²) >= 11 is 0. The summed E-state index contributed by atoms with van der Waals surface area (Å²) < 4.78 is 14.0. The van der Waals surface area contributed by atoms with Gasteiger partial charge in [0.15, 0.2) is 0 Å². The lowest BCUT2D eigenvalue weighted by Gasteiger charge is -2.37. The Kier molecular flexibility index (Phi) is 6.37. The van der Waals surface area contributed by atoms with Crippen molar-refractivity contribution in [2.45, 2.75) is 38.1 Å². The van der Waals surface area contributed by atoms with Crippen molar-refractivity contribution in [2.24, 2.45) is 5.92 Å². The third kappa shape index (κ3) is 4.98. The summed E-state index contributed by atoms with van der Waals surface area (Å²) in [5.74, 6) is 1.46. The van der Waals surface area contributed by atoms with E-state index in [-0.39, 0.29) is 5.82 Å². The second kappa shape index (κ2) is 9.32. The van der Waals surface area contributed by atoms with Crippen LogP contribution in [0, 0.1) is 11.7 Å². The summed E-state index contributed by atoms with van der Waals surface area (Å²) in [5.41, 5.74) is 0.746. The van der Waals surface area contributed by atoms with Crippen LogP contribution < -0.4 is 10.2 Å². The SMILES string of the molecule is Fc1ccccc1N1CCN(CCC2CCC(Nc3ncccn3)CC2)CC1. The summed E-state index contributed by atoms with van der Waals surface area (Å²) in [7, 11) is 0. The topological polar surface area (TPSA) is 44.3 Å². The molecule has 2 fully saturated rings. The van der Waals surface area contributed by atoms with Crippen LogP contribution in [0.3, 0.4) is 0 Å². The van der Waals surface area contributed by atoms with E-state index in [4.69, 9.17) is 0 Å². The first kappa shape index (κ1) is 19.1. The molecule has 4 rings (SSSR count). The Hall–Kier alpha value is -2.21. The fourth-order valence-electron chi connectivity index (χ4n) is 4.44. The first-order valence-electron chi connectivity index (χ1n) is 10.5. The monoisotopic (exact) mass is 383 g/mol. The van der Waals surface area contributed by atoms with Crippen molar-refractivity contribution >= 4 is 11.6 Å². The summed E-state index contributed by atoms with van der Waals surface area (Å²) in [5, 5.41) is 3.46. The molecule has 5 nitrogen and oxygen atoms in total. The van der Waals surface area contributed by atoms with Gasteiger partial charge in [-0.15, -0.1) is 0 Å². The lowest BCUT2D eigenvalue weighted by molar-refractivity contribution is 0.218. The number of hydrogen-bond acceptors (Lipinski definition) is 5. The van der Waals surface area contributed by atoms with Crippen LogP contribution in [0.5, 0.6) is 0 Å². The molecule has 0 spiro atoms. The highest BCUT2D eigenvalue weighted by atomic mass is 19.1.